The standard InChI is InChI=1S/C2H2.CH3F/c2*1-2/h1-2H;1H3. The van der Waals surface area contributed by atoms with Gasteiger partial charge in [0, 0.05) is 0 Å². The van der Waals surface area contributed by atoms with E-state index >= 15 is 0 Å². The van der Waals surface area contributed by atoms with Crippen LogP contribution in [0.15, 0.2) is 0 Å². The first-order valence-electron chi connectivity index (χ1n) is 0.711. The highest BCUT2D eigenvalue weighted by atomic mass is 19.1. The average molecular weight is 60.1 g/mol. The number of halogens is 1. The highest BCUT2D eigenvalue weighted by molar-refractivity contribution is 4.47. The lowest BCUT2D eigenvalue weighted by Gasteiger charge is -1.10. The summed E-state index contributed by atoms with van der Waals surface area (Å²) in [6, 6.07) is 0. The molecule has 0 fully saturated rings. The van der Waals surface area contributed by atoms with Crippen molar-refractivity contribution in [2.75, 3.05) is 7.18 Å². The van der Waals surface area contributed by atoms with Gasteiger partial charge in [0.2, 0.25) is 0 Å². The van der Waals surface area contributed by atoms with Gasteiger partial charge in [0.05, 0.1) is 7.18 Å². The Bertz CT molecular complexity index is 8.00. The molecule has 0 radical (unpaired) electrons. The number of rotatable bonds is 0. The van der Waals surface area contributed by atoms with E-state index in [1.54, 1.807) is 0 Å². The van der Waals surface area contributed by atoms with Crippen molar-refractivity contribution in [1.29, 1.82) is 0 Å². The summed E-state index contributed by atoms with van der Waals surface area (Å²) in [5.41, 5.74) is 0. The van der Waals surface area contributed by atoms with Crippen LogP contribution >= 0.6 is 0 Å². The summed E-state index contributed by atoms with van der Waals surface area (Å²) >= 11 is 0. The predicted octanol–water partition coefficient (Wildman–Crippen LogP) is 0.835. The van der Waals surface area contributed by atoms with Crippen molar-refractivity contribution >= 4 is 0 Å². The smallest absolute Gasteiger partial charge is 0.0785 e. The summed E-state index contributed by atoms with van der Waals surface area (Å²) < 4.78 is 9.50. The molecule has 0 unspecified atom stereocenters. The van der Waals surface area contributed by atoms with E-state index in [1.807, 2.05) is 0 Å². The molecule has 0 heterocycles. The van der Waals surface area contributed by atoms with Crippen LogP contribution in [0.5, 0.6) is 0 Å². The van der Waals surface area contributed by atoms with Gasteiger partial charge in [-0.1, -0.05) is 0 Å². The normalized spacial score (nSPS) is 2.00. The molecule has 0 aromatic carbocycles. The molecule has 0 aliphatic heterocycles. The molecule has 0 saturated carbocycles. The summed E-state index contributed by atoms with van der Waals surface area (Å²) in [6.45, 7) is 0. The molecule has 0 aliphatic rings. The molecule has 0 atom stereocenters. The first-order valence-corrected chi connectivity index (χ1v) is 0.711. The highest BCUT2D eigenvalue weighted by Crippen LogP contribution is 1.16. The third kappa shape index (κ3) is 1.38. The monoisotopic (exact) mass is 60.0 g/mol. The van der Waals surface area contributed by atoms with Gasteiger partial charge in [-0.15, -0.1) is 12.8 Å². The summed E-state index contributed by atoms with van der Waals surface area (Å²) in [7, 11) is 0.500. The lowest BCUT2D eigenvalue weighted by Crippen LogP contribution is -0.939. The third-order valence-electron chi connectivity index (χ3n) is 0. The van der Waals surface area contributed by atoms with Gasteiger partial charge in [-0.3, -0.25) is 4.39 Å². The fourth-order valence-corrected chi connectivity index (χ4v) is 0. The Labute approximate surface area is 25.6 Å². The maximum Gasteiger partial charge on any atom is 0.0785 e. The number of hydrogen-bond donors (Lipinski definition) is 0. The van der Waals surface area contributed by atoms with E-state index in [0.29, 0.717) is 7.18 Å². The zero-order valence-electron chi connectivity index (χ0n) is 2.53. The maximum atomic E-state index is 9.50. The molecule has 0 nitrogen and oxygen atoms in total. The van der Waals surface area contributed by atoms with E-state index in [0.717, 1.165) is 0 Å². The molecule has 0 bridgehead atoms. The molecule has 0 rings (SSSR count). The Morgan fingerprint density at radius 3 is 1.25 bits per heavy atom. The Morgan fingerprint density at radius 1 is 1.25 bits per heavy atom. The van der Waals surface area contributed by atoms with Crippen molar-refractivity contribution in [1.82, 2.24) is 0 Å². The van der Waals surface area contributed by atoms with Crippen molar-refractivity contribution in [2.45, 2.75) is 0 Å². The summed E-state index contributed by atoms with van der Waals surface area (Å²) in [4.78, 5) is 0. The Kier molecular flexibility index (Phi) is 51.8. The minimum atomic E-state index is 0.500. The molecule has 4 heavy (non-hydrogen) atoms. The molecule has 0 spiro atoms. The Hall–Kier alpha value is -0.510. The number of hydrogen-bond acceptors (Lipinski definition) is 0. The molecular weight excluding hydrogens is 55.0 g/mol. The van der Waals surface area contributed by atoms with Gasteiger partial charge in [-0.05, 0) is 0 Å². The Morgan fingerprint density at radius 2 is 1.25 bits per heavy atom. The predicted molar refractivity (Wildman–Crippen MR) is 16.9 cm³/mol. The second kappa shape index (κ2) is 21.3. The van der Waals surface area contributed by atoms with Crippen molar-refractivity contribution in [3.8, 4) is 12.8 Å². The van der Waals surface area contributed by atoms with Crippen LogP contribution in [0.1, 0.15) is 0 Å². The zero-order valence-corrected chi connectivity index (χ0v) is 2.53. The minimum Gasteiger partial charge on any atom is -0.255 e. The fourth-order valence-electron chi connectivity index (χ4n) is 0. The van der Waals surface area contributed by atoms with Crippen molar-refractivity contribution < 1.29 is 4.39 Å². The van der Waals surface area contributed by atoms with E-state index in [1.165, 1.54) is 0 Å². The van der Waals surface area contributed by atoms with Crippen molar-refractivity contribution in [2.24, 2.45) is 0 Å². The van der Waals surface area contributed by atoms with E-state index in [-0.39, 0.29) is 0 Å². The lowest BCUT2D eigenvalue weighted by molar-refractivity contribution is 0.636. The largest absolute Gasteiger partial charge is 0.255 e. The van der Waals surface area contributed by atoms with Crippen molar-refractivity contribution in [3.05, 3.63) is 0 Å². The molecule has 24 valence electrons. The van der Waals surface area contributed by atoms with Gasteiger partial charge in [0.25, 0.3) is 0 Å². The molecule has 0 amide bonds. The fraction of sp³-hybridized carbons (Fsp3) is 0.333. The second-order valence-electron chi connectivity index (χ2n) is 0. The third-order valence-corrected chi connectivity index (χ3v) is 0. The topological polar surface area (TPSA) is 0 Å². The molecule has 0 aromatic rings. The highest BCUT2D eigenvalue weighted by Gasteiger charge is 0.926. The van der Waals surface area contributed by atoms with E-state index in [2.05, 4.69) is 12.8 Å². The van der Waals surface area contributed by atoms with E-state index in [9.17, 15) is 4.39 Å². The van der Waals surface area contributed by atoms with Gasteiger partial charge in [0.15, 0.2) is 0 Å². The summed E-state index contributed by atoms with van der Waals surface area (Å²) in [5, 5.41) is 0. The van der Waals surface area contributed by atoms with Crippen molar-refractivity contribution in [3.63, 3.8) is 0 Å². The minimum absolute atomic E-state index is 0.500. The molecule has 0 saturated heterocycles. The van der Waals surface area contributed by atoms with E-state index in [4.69, 9.17) is 0 Å². The Balaban J connectivity index is 0. The zero-order chi connectivity index (χ0) is 4.00. The average Bonchev–Trinajstić information content (AvgIpc) is 1.50. The van der Waals surface area contributed by atoms with Gasteiger partial charge in [0.1, 0.15) is 0 Å². The van der Waals surface area contributed by atoms with Crippen LogP contribution in [-0.4, -0.2) is 7.18 Å². The van der Waals surface area contributed by atoms with Gasteiger partial charge in [-0.25, -0.2) is 0 Å². The lowest BCUT2D eigenvalue weighted by atomic mass is 11.4. The summed E-state index contributed by atoms with van der Waals surface area (Å²) in [6.07, 6.45) is 8.00. The summed E-state index contributed by atoms with van der Waals surface area (Å²) in [5.74, 6) is 0. The molecular formula is C3H5F. The number of terminal acetylenes is 1. The SMILES string of the molecule is C#C.CF. The van der Waals surface area contributed by atoms with Crippen LogP contribution in [-0.2, 0) is 0 Å². The second-order valence-corrected chi connectivity index (χ2v) is 0. The van der Waals surface area contributed by atoms with Crippen LogP contribution in [0.4, 0.5) is 4.39 Å². The number of alkyl halides is 1. The van der Waals surface area contributed by atoms with Crippen LogP contribution in [0.25, 0.3) is 0 Å². The van der Waals surface area contributed by atoms with Crippen LogP contribution in [0.3, 0.4) is 0 Å². The van der Waals surface area contributed by atoms with Crippen LogP contribution < -0.4 is 0 Å². The van der Waals surface area contributed by atoms with Crippen LogP contribution in [0, 0.1) is 12.8 Å². The van der Waals surface area contributed by atoms with Gasteiger partial charge in [-0.2, -0.15) is 0 Å². The van der Waals surface area contributed by atoms with Gasteiger partial charge >= 0.3 is 0 Å². The maximum absolute atomic E-state index is 9.50. The molecule has 0 aliphatic carbocycles. The van der Waals surface area contributed by atoms with Gasteiger partial charge < -0.3 is 0 Å². The molecule has 0 N–H and O–H groups in total. The molecule has 0 aromatic heterocycles. The molecule has 1 heteroatoms. The quantitative estimate of drug-likeness (QED) is 0.363. The van der Waals surface area contributed by atoms with Crippen LogP contribution in [0.2, 0.25) is 0 Å². The van der Waals surface area contributed by atoms with E-state index < -0.39 is 0 Å². The first-order chi connectivity index (χ1) is 2.00. The first kappa shape index (κ1) is 9.75.